The quantitative estimate of drug-likeness (QED) is 0.723. The van der Waals surface area contributed by atoms with Crippen molar-refractivity contribution in [2.24, 2.45) is 11.7 Å². The van der Waals surface area contributed by atoms with Gasteiger partial charge in [-0.2, -0.15) is 0 Å². The van der Waals surface area contributed by atoms with Crippen LogP contribution in [0.25, 0.3) is 0 Å². The largest absolute Gasteiger partial charge is 0.369 e. The molecule has 0 aliphatic heterocycles. The molecule has 8 heteroatoms. The van der Waals surface area contributed by atoms with Crippen LogP contribution >= 0.6 is 0 Å². The first-order valence-electron chi connectivity index (χ1n) is 7.96. The summed E-state index contributed by atoms with van der Waals surface area (Å²) in [6.07, 6.45) is 5.73. The predicted octanol–water partition coefficient (Wildman–Crippen LogP) is 0.697. The Balaban J connectivity index is 2.13. The number of aryl methyl sites for hydroxylation is 1. The number of anilines is 1. The van der Waals surface area contributed by atoms with Gasteiger partial charge in [-0.25, -0.2) is 8.42 Å². The average Bonchev–Trinajstić information content (AvgIpc) is 2.53. The molecule has 1 aromatic carbocycles. The number of amides is 2. The minimum Gasteiger partial charge on any atom is -0.369 e. The van der Waals surface area contributed by atoms with Gasteiger partial charge < -0.3 is 11.1 Å². The molecule has 136 valence electrons. The molecule has 1 aliphatic carbocycles. The molecule has 0 aromatic heterocycles. The number of nitrogens with zero attached hydrogens (tertiary/aromatic N) is 1. The van der Waals surface area contributed by atoms with Crippen LogP contribution in [-0.2, 0) is 19.6 Å². The lowest BCUT2D eigenvalue weighted by Crippen LogP contribution is -2.49. The van der Waals surface area contributed by atoms with Crippen LogP contribution in [-0.4, -0.2) is 39.1 Å². The first-order chi connectivity index (χ1) is 11.7. The highest BCUT2D eigenvalue weighted by atomic mass is 32.2. The molecule has 1 aromatic rings. The van der Waals surface area contributed by atoms with Crippen molar-refractivity contribution in [1.82, 2.24) is 5.32 Å². The van der Waals surface area contributed by atoms with Crippen LogP contribution in [0, 0.1) is 12.8 Å². The van der Waals surface area contributed by atoms with Crippen LogP contribution in [0.3, 0.4) is 0 Å². The fraction of sp³-hybridized carbons (Fsp3) is 0.412. The van der Waals surface area contributed by atoms with Crippen molar-refractivity contribution in [2.45, 2.75) is 25.8 Å². The minimum absolute atomic E-state index is 0.354. The highest BCUT2D eigenvalue weighted by Gasteiger charge is 2.29. The van der Waals surface area contributed by atoms with E-state index in [0.29, 0.717) is 18.5 Å². The molecule has 0 heterocycles. The first kappa shape index (κ1) is 19.0. The van der Waals surface area contributed by atoms with Gasteiger partial charge in [0, 0.05) is 6.04 Å². The third-order valence-corrected chi connectivity index (χ3v) is 5.29. The monoisotopic (exact) mass is 365 g/mol. The van der Waals surface area contributed by atoms with Crippen LogP contribution < -0.4 is 15.4 Å². The maximum Gasteiger partial charge on any atom is 0.241 e. The summed E-state index contributed by atoms with van der Waals surface area (Å²) in [6, 6.07) is 6.44. The fourth-order valence-electron chi connectivity index (χ4n) is 2.78. The van der Waals surface area contributed by atoms with E-state index < -0.39 is 33.8 Å². The number of hydrogen-bond donors (Lipinski definition) is 2. The third-order valence-electron chi connectivity index (χ3n) is 4.15. The Morgan fingerprint density at radius 1 is 1.20 bits per heavy atom. The van der Waals surface area contributed by atoms with Gasteiger partial charge in [0.2, 0.25) is 21.8 Å². The van der Waals surface area contributed by atoms with Gasteiger partial charge in [0.1, 0.15) is 6.54 Å². The summed E-state index contributed by atoms with van der Waals surface area (Å²) in [5.74, 6) is -1.44. The van der Waals surface area contributed by atoms with Crippen molar-refractivity contribution in [3.05, 3.63) is 42.0 Å². The average molecular weight is 365 g/mol. The van der Waals surface area contributed by atoms with Gasteiger partial charge in [0.25, 0.3) is 0 Å². The zero-order valence-electron chi connectivity index (χ0n) is 14.3. The van der Waals surface area contributed by atoms with Crippen molar-refractivity contribution in [2.75, 3.05) is 17.1 Å². The summed E-state index contributed by atoms with van der Waals surface area (Å²) in [6.45, 7) is 1.54. The van der Waals surface area contributed by atoms with Crippen LogP contribution in [0.15, 0.2) is 36.4 Å². The van der Waals surface area contributed by atoms with Gasteiger partial charge in [-0.15, -0.1) is 0 Å². The number of carbonyl (C=O) groups excluding carboxylic acids is 2. The Bertz CT molecular complexity index is 772. The Morgan fingerprint density at radius 3 is 2.36 bits per heavy atom. The molecule has 3 N–H and O–H groups in total. The maximum atomic E-state index is 12.4. The number of sulfonamides is 1. The Hall–Kier alpha value is -2.35. The molecule has 2 atom stereocenters. The topological polar surface area (TPSA) is 110 Å². The highest BCUT2D eigenvalue weighted by molar-refractivity contribution is 7.92. The van der Waals surface area contributed by atoms with E-state index in [9.17, 15) is 18.0 Å². The standard InChI is InChI=1S/C17H23N3O4S/c1-12-7-9-13(10-8-12)20(25(2,23)24)11-16(21)19-15-6-4-3-5-14(15)17(18)22/h3-4,7-10,14-15H,5-6,11H2,1-2H3,(H2,18,22)(H,19,21)/t14-,15-/m1/s1. The Morgan fingerprint density at radius 2 is 1.80 bits per heavy atom. The summed E-state index contributed by atoms with van der Waals surface area (Å²) in [4.78, 5) is 23.9. The normalized spacial score (nSPS) is 20.1. The second kappa shape index (κ2) is 7.69. The molecule has 0 saturated heterocycles. The molecular formula is C17H23N3O4S. The summed E-state index contributed by atoms with van der Waals surface area (Å²) in [5, 5.41) is 2.74. The first-order valence-corrected chi connectivity index (χ1v) is 9.81. The van der Waals surface area contributed by atoms with Crippen molar-refractivity contribution in [1.29, 1.82) is 0 Å². The number of primary amides is 1. The Labute approximate surface area is 147 Å². The van der Waals surface area contributed by atoms with Gasteiger partial charge in [0.15, 0.2) is 0 Å². The zero-order chi connectivity index (χ0) is 18.6. The fourth-order valence-corrected chi connectivity index (χ4v) is 3.64. The SMILES string of the molecule is Cc1ccc(N(CC(=O)N[C@@H]2CC=CC[C@H]2C(N)=O)S(C)(=O)=O)cc1. The molecular weight excluding hydrogens is 342 g/mol. The molecule has 1 aliphatic rings. The van der Waals surface area contributed by atoms with Crippen LogP contribution in [0.4, 0.5) is 5.69 Å². The molecule has 0 radical (unpaired) electrons. The lowest BCUT2D eigenvalue weighted by atomic mass is 9.88. The molecule has 0 fully saturated rings. The van der Waals surface area contributed by atoms with Crippen molar-refractivity contribution in [3.8, 4) is 0 Å². The smallest absolute Gasteiger partial charge is 0.241 e. The summed E-state index contributed by atoms with van der Waals surface area (Å²) in [5.41, 5.74) is 6.78. The van der Waals surface area contributed by atoms with E-state index in [4.69, 9.17) is 5.73 Å². The van der Waals surface area contributed by atoms with E-state index in [1.165, 1.54) is 0 Å². The number of allylic oxidation sites excluding steroid dienone is 1. The van der Waals surface area contributed by atoms with Crippen molar-refractivity contribution >= 4 is 27.5 Å². The Kier molecular flexibility index (Phi) is 5.84. The van der Waals surface area contributed by atoms with E-state index in [-0.39, 0.29) is 6.54 Å². The van der Waals surface area contributed by atoms with Crippen LogP contribution in [0.1, 0.15) is 18.4 Å². The van der Waals surface area contributed by atoms with E-state index in [1.54, 1.807) is 24.3 Å². The van der Waals surface area contributed by atoms with Crippen molar-refractivity contribution < 1.29 is 18.0 Å². The minimum atomic E-state index is -3.63. The van der Waals surface area contributed by atoms with E-state index >= 15 is 0 Å². The maximum absolute atomic E-state index is 12.4. The predicted molar refractivity (Wildman–Crippen MR) is 96.4 cm³/mol. The number of nitrogens with two attached hydrogens (primary N) is 1. The second-order valence-electron chi connectivity index (χ2n) is 6.23. The summed E-state index contributed by atoms with van der Waals surface area (Å²) >= 11 is 0. The van der Waals surface area contributed by atoms with E-state index in [0.717, 1.165) is 16.1 Å². The number of benzene rings is 1. The summed E-state index contributed by atoms with van der Waals surface area (Å²) in [7, 11) is -3.63. The number of hydrogen-bond acceptors (Lipinski definition) is 4. The molecule has 25 heavy (non-hydrogen) atoms. The van der Waals surface area contributed by atoms with E-state index in [2.05, 4.69) is 5.32 Å². The molecule has 0 bridgehead atoms. The van der Waals surface area contributed by atoms with E-state index in [1.807, 2.05) is 19.1 Å². The lowest BCUT2D eigenvalue weighted by molar-refractivity contribution is -0.124. The summed E-state index contributed by atoms with van der Waals surface area (Å²) < 4.78 is 25.2. The highest BCUT2D eigenvalue weighted by Crippen LogP contribution is 2.20. The van der Waals surface area contributed by atoms with Crippen LogP contribution in [0.2, 0.25) is 0 Å². The molecule has 2 amide bonds. The number of carbonyl (C=O) groups is 2. The lowest BCUT2D eigenvalue weighted by Gasteiger charge is -2.28. The third kappa shape index (κ3) is 5.06. The second-order valence-corrected chi connectivity index (χ2v) is 8.14. The molecule has 0 unspecified atom stereocenters. The number of nitrogens with one attached hydrogen (secondary N) is 1. The van der Waals surface area contributed by atoms with Gasteiger partial charge in [-0.3, -0.25) is 13.9 Å². The molecule has 0 spiro atoms. The molecule has 2 rings (SSSR count). The van der Waals surface area contributed by atoms with Gasteiger partial charge in [0.05, 0.1) is 17.9 Å². The van der Waals surface area contributed by atoms with Crippen LogP contribution in [0.5, 0.6) is 0 Å². The van der Waals surface area contributed by atoms with Gasteiger partial charge >= 0.3 is 0 Å². The van der Waals surface area contributed by atoms with Gasteiger partial charge in [-0.05, 0) is 31.9 Å². The van der Waals surface area contributed by atoms with Crippen molar-refractivity contribution in [3.63, 3.8) is 0 Å². The number of rotatable bonds is 6. The molecule has 7 nitrogen and oxygen atoms in total. The van der Waals surface area contributed by atoms with Gasteiger partial charge in [-0.1, -0.05) is 29.8 Å². The zero-order valence-corrected chi connectivity index (χ0v) is 15.1. The molecule has 0 saturated carbocycles.